The second kappa shape index (κ2) is 10.6. The number of aliphatic imine (C=N–C) groups is 1. The van der Waals surface area contributed by atoms with Crippen LogP contribution >= 0.6 is 38.5 Å². The molecule has 0 aliphatic heterocycles. The molecule has 0 radical (unpaired) electrons. The monoisotopic (exact) mass is 631 g/mol. The molecule has 8 heteroatoms. The number of hydrogen-bond acceptors (Lipinski definition) is 4. The van der Waals surface area contributed by atoms with Gasteiger partial charge in [-0.3, -0.25) is 9.48 Å². The Bertz CT molecular complexity index is 1390. The Morgan fingerprint density at radius 1 is 1.09 bits per heavy atom. The highest BCUT2D eigenvalue weighted by Crippen LogP contribution is 2.34. The van der Waals surface area contributed by atoms with Gasteiger partial charge in [0.25, 0.3) is 5.56 Å². The third-order valence-corrected chi connectivity index (χ3v) is 6.74. The van der Waals surface area contributed by atoms with E-state index in [0.717, 1.165) is 30.6 Å². The molecule has 4 rings (SSSR count). The molecule has 0 saturated heterocycles. The van der Waals surface area contributed by atoms with Crippen LogP contribution in [-0.4, -0.2) is 22.7 Å². The Labute approximate surface area is 220 Å². The maximum Gasteiger partial charge on any atom is 0.297 e. The van der Waals surface area contributed by atoms with Gasteiger partial charge in [0.2, 0.25) is 0 Å². The second-order valence-electron chi connectivity index (χ2n) is 7.62. The summed E-state index contributed by atoms with van der Waals surface area (Å²) in [7, 11) is 3.46. The first-order valence-corrected chi connectivity index (χ1v) is 12.4. The summed E-state index contributed by atoms with van der Waals surface area (Å²) in [5.41, 5.74) is 3.67. The van der Waals surface area contributed by atoms with Crippen molar-refractivity contribution in [3.05, 3.63) is 102 Å². The number of ether oxygens (including phenoxy) is 2. The maximum atomic E-state index is 13.1. The number of methoxy groups -OCH3 is 1. The molecule has 0 aliphatic carbocycles. The first-order chi connectivity index (χ1) is 16.4. The van der Waals surface area contributed by atoms with Crippen LogP contribution in [0.3, 0.4) is 0 Å². The molecule has 1 heterocycles. The van der Waals surface area contributed by atoms with Crippen molar-refractivity contribution in [1.29, 1.82) is 0 Å². The molecular weight excluding hydrogens is 609 g/mol. The molecule has 34 heavy (non-hydrogen) atoms. The molecule has 0 unspecified atom stereocenters. The molecule has 0 spiro atoms. The first kappa shape index (κ1) is 24.3. The van der Waals surface area contributed by atoms with E-state index in [1.54, 1.807) is 18.0 Å². The summed E-state index contributed by atoms with van der Waals surface area (Å²) in [6.07, 6.45) is 1.68. The predicted octanol–water partition coefficient (Wildman–Crippen LogP) is 6.19. The highest BCUT2D eigenvalue weighted by Gasteiger charge is 2.16. The molecule has 0 bridgehead atoms. The zero-order valence-corrected chi connectivity index (χ0v) is 22.7. The zero-order chi connectivity index (χ0) is 24.2. The lowest BCUT2D eigenvalue weighted by molar-refractivity contribution is 0.282. The summed E-state index contributed by atoms with van der Waals surface area (Å²) in [5.74, 6) is 1.28. The fourth-order valence-corrected chi connectivity index (χ4v) is 4.58. The summed E-state index contributed by atoms with van der Waals surface area (Å²) < 4.78 is 17.0. The maximum absolute atomic E-state index is 13.1. The van der Waals surface area contributed by atoms with Gasteiger partial charge in [0.05, 0.1) is 22.1 Å². The topological polar surface area (TPSA) is 57.8 Å². The van der Waals surface area contributed by atoms with Gasteiger partial charge in [0, 0.05) is 17.7 Å². The third kappa shape index (κ3) is 5.12. The Balaban J connectivity index is 1.61. The molecule has 6 nitrogen and oxygen atoms in total. The Hall–Kier alpha value is -2.85. The van der Waals surface area contributed by atoms with Gasteiger partial charge in [-0.1, -0.05) is 46.3 Å². The van der Waals surface area contributed by atoms with Crippen molar-refractivity contribution in [2.24, 2.45) is 12.0 Å². The SMILES string of the molecule is COc1cc(C=Nc2c(C)n(C)n(-c3ccccc3)c2=O)cc(I)c1OCc1ccc(Br)cc1. The quantitative estimate of drug-likeness (QED) is 0.181. The molecule has 0 aliphatic rings. The second-order valence-corrected chi connectivity index (χ2v) is 9.70. The lowest BCUT2D eigenvalue weighted by Gasteiger charge is -2.13. The van der Waals surface area contributed by atoms with Gasteiger partial charge in [-0.05, 0) is 77.0 Å². The minimum atomic E-state index is -0.168. The number of para-hydroxylation sites is 1. The highest BCUT2D eigenvalue weighted by molar-refractivity contribution is 14.1. The van der Waals surface area contributed by atoms with E-state index in [9.17, 15) is 4.79 Å². The Morgan fingerprint density at radius 2 is 1.79 bits per heavy atom. The number of benzene rings is 3. The van der Waals surface area contributed by atoms with Gasteiger partial charge in [-0.15, -0.1) is 0 Å². The molecule has 174 valence electrons. The molecule has 0 fully saturated rings. The van der Waals surface area contributed by atoms with E-state index in [2.05, 4.69) is 43.5 Å². The van der Waals surface area contributed by atoms with E-state index in [1.165, 1.54) is 0 Å². The van der Waals surface area contributed by atoms with Crippen molar-refractivity contribution in [3.63, 3.8) is 0 Å². The molecule has 1 aromatic heterocycles. The molecule has 0 atom stereocenters. The van der Waals surface area contributed by atoms with Crippen molar-refractivity contribution in [2.75, 3.05) is 7.11 Å². The number of aromatic nitrogens is 2. The standard InChI is InChI=1S/C26H23BrIN3O3/c1-17-24(26(32)31(30(17)2)21-7-5-4-6-8-21)29-15-19-13-22(28)25(23(14-19)33-3)34-16-18-9-11-20(27)12-10-18/h4-15H,16H2,1-3H3. The molecule has 3 aromatic carbocycles. The van der Waals surface area contributed by atoms with E-state index < -0.39 is 0 Å². The predicted molar refractivity (Wildman–Crippen MR) is 147 cm³/mol. The van der Waals surface area contributed by atoms with Crippen LogP contribution in [0, 0.1) is 10.5 Å². The normalized spacial score (nSPS) is 11.2. The third-order valence-electron chi connectivity index (χ3n) is 5.41. The Morgan fingerprint density at radius 3 is 2.47 bits per heavy atom. The highest BCUT2D eigenvalue weighted by atomic mass is 127. The van der Waals surface area contributed by atoms with Crippen LogP contribution in [0.15, 0.2) is 81.0 Å². The van der Waals surface area contributed by atoms with Crippen molar-refractivity contribution in [1.82, 2.24) is 9.36 Å². The molecular formula is C26H23BrIN3O3. The van der Waals surface area contributed by atoms with Crippen LogP contribution in [0.4, 0.5) is 5.69 Å². The van der Waals surface area contributed by atoms with E-state index in [4.69, 9.17) is 9.47 Å². The van der Waals surface area contributed by atoms with Gasteiger partial charge in [0.15, 0.2) is 17.2 Å². The largest absolute Gasteiger partial charge is 0.493 e. The van der Waals surface area contributed by atoms with Crippen LogP contribution in [-0.2, 0) is 13.7 Å². The van der Waals surface area contributed by atoms with Gasteiger partial charge in [0.1, 0.15) is 6.61 Å². The molecule has 0 amide bonds. The molecule has 0 saturated carbocycles. The van der Waals surface area contributed by atoms with Gasteiger partial charge in [-0.2, -0.15) is 0 Å². The number of hydrogen-bond donors (Lipinski definition) is 0. The van der Waals surface area contributed by atoms with Crippen LogP contribution in [0.25, 0.3) is 5.69 Å². The fourth-order valence-electron chi connectivity index (χ4n) is 3.53. The van der Waals surface area contributed by atoms with Crippen molar-refractivity contribution >= 4 is 50.4 Å². The van der Waals surface area contributed by atoms with Crippen LogP contribution in [0.1, 0.15) is 16.8 Å². The summed E-state index contributed by atoms with van der Waals surface area (Å²) in [4.78, 5) is 17.6. The van der Waals surface area contributed by atoms with E-state index in [0.29, 0.717) is 23.8 Å². The van der Waals surface area contributed by atoms with Crippen LogP contribution in [0.2, 0.25) is 0 Å². The number of halogens is 2. The molecule has 0 N–H and O–H groups in total. The zero-order valence-electron chi connectivity index (χ0n) is 19.0. The van der Waals surface area contributed by atoms with Crippen molar-refractivity contribution in [3.8, 4) is 17.2 Å². The number of nitrogens with zero attached hydrogens (tertiary/aromatic N) is 3. The number of rotatable bonds is 7. The minimum Gasteiger partial charge on any atom is -0.493 e. The summed E-state index contributed by atoms with van der Waals surface area (Å²) in [6, 6.07) is 21.3. The minimum absolute atomic E-state index is 0.168. The van der Waals surface area contributed by atoms with E-state index in [-0.39, 0.29) is 5.56 Å². The average molecular weight is 632 g/mol. The van der Waals surface area contributed by atoms with Crippen LogP contribution in [0.5, 0.6) is 11.5 Å². The molecule has 4 aromatic rings. The van der Waals surface area contributed by atoms with Gasteiger partial charge >= 0.3 is 0 Å². The van der Waals surface area contributed by atoms with Gasteiger partial charge in [-0.25, -0.2) is 9.67 Å². The van der Waals surface area contributed by atoms with Crippen LogP contribution < -0.4 is 15.0 Å². The van der Waals surface area contributed by atoms with E-state index >= 15 is 0 Å². The van der Waals surface area contributed by atoms with E-state index in [1.807, 2.05) is 85.4 Å². The van der Waals surface area contributed by atoms with Crippen molar-refractivity contribution in [2.45, 2.75) is 13.5 Å². The Kier molecular flexibility index (Phi) is 7.57. The first-order valence-electron chi connectivity index (χ1n) is 10.5. The van der Waals surface area contributed by atoms with Gasteiger partial charge < -0.3 is 9.47 Å². The summed E-state index contributed by atoms with van der Waals surface area (Å²) >= 11 is 5.67. The lowest BCUT2D eigenvalue weighted by Crippen LogP contribution is -2.19. The summed E-state index contributed by atoms with van der Waals surface area (Å²) in [5, 5.41) is 0. The fraction of sp³-hybridized carbons (Fsp3) is 0.154. The summed E-state index contributed by atoms with van der Waals surface area (Å²) in [6.45, 7) is 2.31. The van der Waals surface area contributed by atoms with Crippen molar-refractivity contribution < 1.29 is 9.47 Å². The smallest absolute Gasteiger partial charge is 0.297 e. The average Bonchev–Trinajstić information content (AvgIpc) is 3.05. The lowest BCUT2D eigenvalue weighted by atomic mass is 10.2.